The molecule has 23 heavy (non-hydrogen) atoms. The smallest absolute Gasteiger partial charge is 0.265 e. The second kappa shape index (κ2) is 7.40. The van der Waals surface area contributed by atoms with Crippen molar-refractivity contribution in [1.82, 2.24) is 9.88 Å². The Morgan fingerprint density at radius 3 is 3.00 bits per heavy atom. The number of carbonyl (C=O) groups excluding carboxylic acids is 1. The van der Waals surface area contributed by atoms with E-state index < -0.39 is 0 Å². The van der Waals surface area contributed by atoms with Crippen LogP contribution < -0.4 is 0 Å². The van der Waals surface area contributed by atoms with E-state index in [0.29, 0.717) is 16.5 Å². The van der Waals surface area contributed by atoms with E-state index in [2.05, 4.69) is 16.8 Å². The van der Waals surface area contributed by atoms with Crippen LogP contribution in [0.25, 0.3) is 0 Å². The Morgan fingerprint density at radius 2 is 2.22 bits per heavy atom. The molecule has 1 aromatic carbocycles. The van der Waals surface area contributed by atoms with Crippen molar-refractivity contribution in [3.05, 3.63) is 52.0 Å². The molecule has 1 aliphatic rings. The number of aromatic nitrogens is 1. The van der Waals surface area contributed by atoms with Gasteiger partial charge in [0, 0.05) is 19.2 Å². The summed E-state index contributed by atoms with van der Waals surface area (Å²) < 4.78 is 5.21. The summed E-state index contributed by atoms with van der Waals surface area (Å²) in [6.07, 6.45) is 3.66. The fourth-order valence-electron chi connectivity index (χ4n) is 2.69. The first-order valence-corrected chi connectivity index (χ1v) is 8.42. The maximum absolute atomic E-state index is 12.6. The Kier molecular flexibility index (Phi) is 5.06. The van der Waals surface area contributed by atoms with Crippen molar-refractivity contribution in [2.75, 3.05) is 20.3 Å². The monoisotopic (exact) mass is 326 g/mol. The van der Waals surface area contributed by atoms with Gasteiger partial charge in [-0.2, -0.15) is 0 Å². The molecule has 0 radical (unpaired) electrons. The maximum atomic E-state index is 12.6. The standard InChI is InChI=1S/C18H18N2O2S/c1-22-13-15-8-5-11-20(15)18(21)16-12-19-17(23-16)10-9-14-6-3-2-4-7-14/h2-4,6-7,12,15H,5,8,11,13H2,1H3/t15-/m0/s1. The van der Waals surface area contributed by atoms with Crippen molar-refractivity contribution in [2.24, 2.45) is 0 Å². The fraction of sp³-hybridized carbons (Fsp3) is 0.333. The van der Waals surface area contributed by atoms with Crippen LogP contribution in [0.15, 0.2) is 36.5 Å². The van der Waals surface area contributed by atoms with E-state index in [4.69, 9.17) is 4.74 Å². The first kappa shape index (κ1) is 15.7. The van der Waals surface area contributed by atoms with Gasteiger partial charge in [0.25, 0.3) is 5.91 Å². The lowest BCUT2D eigenvalue weighted by Crippen LogP contribution is -2.37. The van der Waals surface area contributed by atoms with Crippen molar-refractivity contribution in [2.45, 2.75) is 18.9 Å². The topological polar surface area (TPSA) is 42.4 Å². The van der Waals surface area contributed by atoms with E-state index in [1.54, 1.807) is 13.3 Å². The summed E-state index contributed by atoms with van der Waals surface area (Å²) in [5.41, 5.74) is 0.940. The van der Waals surface area contributed by atoms with Crippen LogP contribution in [0.1, 0.15) is 33.1 Å². The maximum Gasteiger partial charge on any atom is 0.265 e. The molecule has 0 saturated carbocycles. The molecule has 2 heterocycles. The average Bonchev–Trinajstić information content (AvgIpc) is 3.23. The van der Waals surface area contributed by atoms with Gasteiger partial charge >= 0.3 is 0 Å². The van der Waals surface area contributed by atoms with Crippen LogP contribution >= 0.6 is 11.3 Å². The third-order valence-corrected chi connectivity index (χ3v) is 4.70. The Labute approximate surface area is 140 Å². The first-order chi connectivity index (χ1) is 11.3. The number of hydrogen-bond acceptors (Lipinski definition) is 4. The number of methoxy groups -OCH3 is 1. The highest BCUT2D eigenvalue weighted by Gasteiger charge is 2.30. The van der Waals surface area contributed by atoms with Crippen LogP contribution in [-0.4, -0.2) is 42.1 Å². The number of thiazole rings is 1. The van der Waals surface area contributed by atoms with E-state index in [0.717, 1.165) is 24.9 Å². The third-order valence-electron chi connectivity index (χ3n) is 3.80. The summed E-state index contributed by atoms with van der Waals surface area (Å²) in [6, 6.07) is 9.93. The van der Waals surface area contributed by atoms with Gasteiger partial charge in [0.05, 0.1) is 18.8 Å². The van der Waals surface area contributed by atoms with Gasteiger partial charge in [-0.15, -0.1) is 11.3 Å². The third kappa shape index (κ3) is 3.79. The predicted octanol–water partition coefficient (Wildman–Crippen LogP) is 2.79. The van der Waals surface area contributed by atoms with Gasteiger partial charge in [0.2, 0.25) is 0 Å². The molecule has 4 nitrogen and oxygen atoms in total. The Morgan fingerprint density at radius 1 is 1.39 bits per heavy atom. The van der Waals surface area contributed by atoms with Gasteiger partial charge in [-0.05, 0) is 30.9 Å². The van der Waals surface area contributed by atoms with Crippen molar-refractivity contribution in [3.8, 4) is 11.8 Å². The largest absolute Gasteiger partial charge is 0.383 e. The quantitative estimate of drug-likeness (QED) is 0.815. The lowest BCUT2D eigenvalue weighted by Gasteiger charge is -2.23. The molecule has 1 amide bonds. The molecular formula is C18H18N2O2S. The van der Waals surface area contributed by atoms with Crippen LogP contribution in [-0.2, 0) is 4.74 Å². The molecule has 0 spiro atoms. The number of amides is 1. The van der Waals surface area contributed by atoms with Crippen LogP contribution in [0.2, 0.25) is 0 Å². The molecule has 0 N–H and O–H groups in total. The van der Waals surface area contributed by atoms with Crippen molar-refractivity contribution in [1.29, 1.82) is 0 Å². The second-order valence-electron chi connectivity index (χ2n) is 5.40. The van der Waals surface area contributed by atoms with Gasteiger partial charge in [0.1, 0.15) is 4.88 Å². The minimum atomic E-state index is 0.0369. The van der Waals surface area contributed by atoms with E-state index in [9.17, 15) is 4.79 Å². The number of ether oxygens (including phenoxy) is 1. The molecule has 1 fully saturated rings. The summed E-state index contributed by atoms with van der Waals surface area (Å²) in [7, 11) is 1.67. The minimum absolute atomic E-state index is 0.0369. The zero-order valence-corrected chi connectivity index (χ0v) is 13.8. The summed E-state index contributed by atoms with van der Waals surface area (Å²) in [4.78, 5) is 19.4. The number of likely N-dealkylation sites (tertiary alicyclic amines) is 1. The van der Waals surface area contributed by atoms with Gasteiger partial charge in [0.15, 0.2) is 5.01 Å². The molecule has 0 bridgehead atoms. The van der Waals surface area contributed by atoms with Crippen molar-refractivity contribution >= 4 is 17.2 Å². The minimum Gasteiger partial charge on any atom is -0.383 e. The van der Waals surface area contributed by atoms with Crippen LogP contribution in [0.4, 0.5) is 0 Å². The van der Waals surface area contributed by atoms with E-state index in [1.807, 2.05) is 35.2 Å². The van der Waals surface area contributed by atoms with Gasteiger partial charge < -0.3 is 9.64 Å². The predicted molar refractivity (Wildman–Crippen MR) is 90.5 cm³/mol. The molecule has 1 aliphatic heterocycles. The van der Waals surface area contributed by atoms with Gasteiger partial charge in [-0.25, -0.2) is 4.98 Å². The van der Waals surface area contributed by atoms with Crippen LogP contribution in [0.5, 0.6) is 0 Å². The number of carbonyl (C=O) groups is 1. The van der Waals surface area contributed by atoms with Crippen LogP contribution in [0, 0.1) is 11.8 Å². The SMILES string of the molecule is COC[C@@H]1CCCN1C(=O)c1cnc(C#Cc2ccccc2)s1. The highest BCUT2D eigenvalue weighted by Crippen LogP contribution is 2.23. The Bertz CT molecular complexity index is 730. The van der Waals surface area contributed by atoms with Gasteiger partial charge in [-0.3, -0.25) is 4.79 Å². The highest BCUT2D eigenvalue weighted by atomic mass is 32.1. The zero-order chi connectivity index (χ0) is 16.1. The molecule has 1 saturated heterocycles. The average molecular weight is 326 g/mol. The van der Waals surface area contributed by atoms with E-state index in [1.165, 1.54) is 11.3 Å². The Hall–Kier alpha value is -2.16. The normalized spacial score (nSPS) is 16.9. The fourth-order valence-corrected chi connectivity index (χ4v) is 3.41. The van der Waals surface area contributed by atoms with E-state index in [-0.39, 0.29) is 11.9 Å². The molecule has 5 heteroatoms. The molecule has 0 aliphatic carbocycles. The number of benzene rings is 1. The molecule has 1 aromatic heterocycles. The number of rotatable bonds is 3. The summed E-state index contributed by atoms with van der Waals surface area (Å²) >= 11 is 1.35. The molecule has 3 rings (SSSR count). The van der Waals surface area contributed by atoms with Crippen LogP contribution in [0.3, 0.4) is 0 Å². The highest BCUT2D eigenvalue weighted by molar-refractivity contribution is 7.14. The molecule has 1 atom stereocenters. The lowest BCUT2D eigenvalue weighted by molar-refractivity contribution is 0.0635. The number of hydrogen-bond donors (Lipinski definition) is 0. The number of nitrogens with zero attached hydrogens (tertiary/aromatic N) is 2. The zero-order valence-electron chi connectivity index (χ0n) is 13.0. The van der Waals surface area contributed by atoms with Crippen molar-refractivity contribution in [3.63, 3.8) is 0 Å². The van der Waals surface area contributed by atoms with E-state index >= 15 is 0 Å². The van der Waals surface area contributed by atoms with Crippen molar-refractivity contribution < 1.29 is 9.53 Å². The first-order valence-electron chi connectivity index (χ1n) is 7.60. The second-order valence-corrected chi connectivity index (χ2v) is 6.43. The molecule has 2 aromatic rings. The Balaban J connectivity index is 1.72. The molecule has 118 valence electrons. The lowest BCUT2D eigenvalue weighted by atomic mass is 10.2. The summed E-state index contributed by atoms with van der Waals surface area (Å²) in [6.45, 7) is 1.38. The summed E-state index contributed by atoms with van der Waals surface area (Å²) in [5.74, 6) is 6.13. The van der Waals surface area contributed by atoms with Gasteiger partial charge in [-0.1, -0.05) is 24.1 Å². The molecule has 0 unspecified atom stereocenters. The summed E-state index contributed by atoms with van der Waals surface area (Å²) in [5, 5.41) is 0.666. The molecular weight excluding hydrogens is 308 g/mol.